The number of nitrogens with one attached hydrogen (secondary N) is 2. The first-order valence-electron chi connectivity index (χ1n) is 10.0. The fraction of sp³-hybridized carbons (Fsp3) is 0.0400. The second-order valence-electron chi connectivity index (χ2n) is 7.59. The molecule has 148 valence electrons. The van der Waals surface area contributed by atoms with Crippen molar-refractivity contribution in [2.45, 2.75) is 6.42 Å². The quantitative estimate of drug-likeness (QED) is 0.402. The number of ketones is 1. The number of benzene rings is 3. The molecule has 0 amide bonds. The first kappa shape index (κ1) is 17.5. The maximum atomic E-state index is 12.9. The average Bonchev–Trinajstić information content (AvgIpc) is 3.41. The summed E-state index contributed by atoms with van der Waals surface area (Å²) in [5.74, 6) is 0.330. The molecule has 0 aliphatic heterocycles. The Balaban J connectivity index is 1.35. The average molecular weight is 403 g/mol. The molecule has 0 aliphatic carbocycles. The molecule has 0 fully saturated rings. The second-order valence-corrected chi connectivity index (χ2v) is 7.59. The molecule has 0 aliphatic rings. The van der Waals surface area contributed by atoms with E-state index in [1.807, 2.05) is 48.5 Å². The minimum Gasteiger partial charge on any atom is -0.335 e. The van der Waals surface area contributed by atoms with E-state index in [4.69, 9.17) is 0 Å². The minimum atomic E-state index is -0.0392. The first-order chi connectivity index (χ1) is 15.2. The van der Waals surface area contributed by atoms with Gasteiger partial charge in [0.05, 0.1) is 16.6 Å². The number of nitrogens with zero attached hydrogens (tertiary/aromatic N) is 3. The number of aromatic nitrogens is 5. The van der Waals surface area contributed by atoms with Gasteiger partial charge in [-0.2, -0.15) is 5.10 Å². The first-order valence-corrected chi connectivity index (χ1v) is 10.0. The largest absolute Gasteiger partial charge is 0.335 e. The third kappa shape index (κ3) is 3.05. The summed E-state index contributed by atoms with van der Waals surface area (Å²) in [6.07, 6.45) is 3.78. The van der Waals surface area contributed by atoms with Crippen LogP contribution in [0.2, 0.25) is 0 Å². The molecule has 0 bridgehead atoms. The van der Waals surface area contributed by atoms with Gasteiger partial charge in [0.25, 0.3) is 0 Å². The molecule has 0 saturated carbocycles. The molecule has 6 aromatic rings. The zero-order valence-electron chi connectivity index (χ0n) is 16.5. The number of carbonyl (C=O) groups excluding carboxylic acids is 1. The maximum absolute atomic E-state index is 12.9. The lowest BCUT2D eigenvalue weighted by molar-refractivity contribution is 0.0984. The van der Waals surface area contributed by atoms with Crippen LogP contribution in [0, 0.1) is 0 Å². The standard InChI is InChI=1S/C25H17N5O/c31-23(12-15-5-6-16-3-1-2-4-18(16)11-15)25-27-21-13-19-20(14-22(21)28-25)29-30-24(19)17-7-9-26-10-8-17/h1-11,13-14H,12H2,(H,27,28)(H,29,30). The number of aromatic amines is 2. The SMILES string of the molecule is O=C(Cc1ccc2ccccc2c1)c1nc2cc3c(-c4ccncc4)n[nH]c3cc2[nH]1. The minimum absolute atomic E-state index is 0.0392. The smallest absolute Gasteiger partial charge is 0.202 e. The van der Waals surface area contributed by atoms with E-state index in [0.29, 0.717) is 12.2 Å². The molecule has 3 aromatic heterocycles. The molecule has 2 N–H and O–H groups in total. The van der Waals surface area contributed by atoms with Gasteiger partial charge in [-0.3, -0.25) is 14.9 Å². The van der Waals surface area contributed by atoms with Crippen LogP contribution in [-0.4, -0.2) is 30.9 Å². The van der Waals surface area contributed by atoms with Gasteiger partial charge < -0.3 is 4.98 Å². The molecule has 0 atom stereocenters. The van der Waals surface area contributed by atoms with Gasteiger partial charge in [0.2, 0.25) is 5.78 Å². The Hall–Kier alpha value is -4.32. The molecule has 6 heteroatoms. The predicted molar refractivity (Wildman–Crippen MR) is 121 cm³/mol. The molecular formula is C25H17N5O. The number of hydrogen-bond acceptors (Lipinski definition) is 4. The van der Waals surface area contributed by atoms with Crippen molar-refractivity contribution >= 4 is 38.5 Å². The molecule has 3 aromatic carbocycles. The summed E-state index contributed by atoms with van der Waals surface area (Å²) in [4.78, 5) is 24.7. The lowest BCUT2D eigenvalue weighted by Gasteiger charge is -2.02. The number of carbonyl (C=O) groups is 1. The van der Waals surface area contributed by atoms with Gasteiger partial charge in [0, 0.05) is 29.8 Å². The van der Waals surface area contributed by atoms with Crippen LogP contribution in [0.15, 0.2) is 79.1 Å². The van der Waals surface area contributed by atoms with Crippen LogP contribution in [0.4, 0.5) is 0 Å². The third-order valence-electron chi connectivity index (χ3n) is 5.56. The highest BCUT2D eigenvalue weighted by Gasteiger charge is 2.15. The van der Waals surface area contributed by atoms with Crippen LogP contribution < -0.4 is 0 Å². The Kier molecular flexibility index (Phi) is 3.89. The predicted octanol–water partition coefficient (Wildman–Crippen LogP) is 5.08. The number of imidazole rings is 1. The van der Waals surface area contributed by atoms with E-state index in [1.165, 1.54) is 0 Å². The molecule has 3 heterocycles. The van der Waals surface area contributed by atoms with E-state index in [0.717, 1.165) is 49.5 Å². The summed E-state index contributed by atoms with van der Waals surface area (Å²) in [6.45, 7) is 0. The van der Waals surface area contributed by atoms with Crippen molar-refractivity contribution < 1.29 is 4.79 Å². The Bertz CT molecular complexity index is 1580. The fourth-order valence-electron chi connectivity index (χ4n) is 4.00. The molecule has 0 saturated heterocycles. The number of fused-ring (bicyclic) bond motifs is 3. The van der Waals surface area contributed by atoms with Gasteiger partial charge in [-0.25, -0.2) is 4.98 Å². The van der Waals surface area contributed by atoms with Gasteiger partial charge >= 0.3 is 0 Å². The molecule has 0 unspecified atom stereocenters. The van der Waals surface area contributed by atoms with Crippen LogP contribution in [0.5, 0.6) is 0 Å². The Morgan fingerprint density at radius 1 is 0.871 bits per heavy atom. The van der Waals surface area contributed by atoms with Gasteiger partial charge in [-0.15, -0.1) is 0 Å². The Morgan fingerprint density at radius 3 is 2.58 bits per heavy atom. The number of rotatable bonds is 4. The second kappa shape index (κ2) is 6.88. The van der Waals surface area contributed by atoms with Gasteiger partial charge in [0.15, 0.2) is 5.82 Å². The van der Waals surface area contributed by atoms with E-state index in [1.54, 1.807) is 12.4 Å². The van der Waals surface area contributed by atoms with Crippen molar-refractivity contribution in [1.82, 2.24) is 25.1 Å². The number of pyridine rings is 1. The summed E-state index contributed by atoms with van der Waals surface area (Å²) in [5.41, 5.74) is 5.22. The monoisotopic (exact) mass is 403 g/mol. The van der Waals surface area contributed by atoms with Crippen molar-refractivity contribution in [3.05, 3.63) is 90.5 Å². The van der Waals surface area contributed by atoms with E-state index in [2.05, 4.69) is 43.3 Å². The summed E-state index contributed by atoms with van der Waals surface area (Å²) in [6, 6.07) is 22.0. The Labute approximate surface area is 177 Å². The van der Waals surface area contributed by atoms with Crippen LogP contribution in [0.25, 0.3) is 44.0 Å². The van der Waals surface area contributed by atoms with E-state index in [9.17, 15) is 4.79 Å². The van der Waals surface area contributed by atoms with Crippen LogP contribution in [0.1, 0.15) is 16.2 Å². The molecule has 6 rings (SSSR count). The molecule has 0 spiro atoms. The van der Waals surface area contributed by atoms with Crippen LogP contribution in [-0.2, 0) is 6.42 Å². The molecular weight excluding hydrogens is 386 g/mol. The zero-order valence-corrected chi connectivity index (χ0v) is 16.5. The summed E-state index contributed by atoms with van der Waals surface area (Å²) < 4.78 is 0. The fourth-order valence-corrected chi connectivity index (χ4v) is 4.00. The maximum Gasteiger partial charge on any atom is 0.202 e. The highest BCUT2D eigenvalue weighted by molar-refractivity contribution is 6.03. The molecule has 31 heavy (non-hydrogen) atoms. The summed E-state index contributed by atoms with van der Waals surface area (Å²) >= 11 is 0. The van der Waals surface area contributed by atoms with E-state index >= 15 is 0 Å². The lowest BCUT2D eigenvalue weighted by Crippen LogP contribution is -2.05. The molecule has 0 radical (unpaired) electrons. The van der Waals surface area contributed by atoms with Crippen LogP contribution in [0.3, 0.4) is 0 Å². The normalized spacial score (nSPS) is 11.5. The van der Waals surface area contributed by atoms with Crippen LogP contribution >= 0.6 is 0 Å². The van der Waals surface area contributed by atoms with Crippen molar-refractivity contribution in [3.8, 4) is 11.3 Å². The van der Waals surface area contributed by atoms with Gasteiger partial charge in [0.1, 0.15) is 5.69 Å². The molecule has 6 nitrogen and oxygen atoms in total. The van der Waals surface area contributed by atoms with Gasteiger partial charge in [-0.1, -0.05) is 42.5 Å². The van der Waals surface area contributed by atoms with Crippen molar-refractivity contribution in [2.24, 2.45) is 0 Å². The highest BCUT2D eigenvalue weighted by Crippen LogP contribution is 2.29. The van der Waals surface area contributed by atoms with Crippen molar-refractivity contribution in [1.29, 1.82) is 0 Å². The number of hydrogen-bond donors (Lipinski definition) is 2. The summed E-state index contributed by atoms with van der Waals surface area (Å²) in [5, 5.41) is 10.8. The number of Topliss-reactive ketones (excluding diaryl/α,β-unsaturated/α-hetero) is 1. The lowest BCUT2D eigenvalue weighted by atomic mass is 10.0. The summed E-state index contributed by atoms with van der Waals surface area (Å²) in [7, 11) is 0. The third-order valence-corrected chi connectivity index (χ3v) is 5.56. The zero-order chi connectivity index (χ0) is 20.8. The highest BCUT2D eigenvalue weighted by atomic mass is 16.1. The van der Waals surface area contributed by atoms with Crippen molar-refractivity contribution in [2.75, 3.05) is 0 Å². The van der Waals surface area contributed by atoms with E-state index in [-0.39, 0.29) is 5.78 Å². The van der Waals surface area contributed by atoms with Crippen molar-refractivity contribution in [3.63, 3.8) is 0 Å². The van der Waals surface area contributed by atoms with Gasteiger partial charge in [-0.05, 0) is 40.6 Å². The van der Waals surface area contributed by atoms with E-state index < -0.39 is 0 Å². The topological polar surface area (TPSA) is 87.3 Å². The Morgan fingerprint density at radius 2 is 1.71 bits per heavy atom. The number of H-pyrrole nitrogens is 2.